The number of carbonyl (C=O) groups excluding carboxylic acids is 1. The second-order valence-electron chi connectivity index (χ2n) is 8.71. The maximum absolute atomic E-state index is 13.3. The number of benzene rings is 1. The van der Waals surface area contributed by atoms with E-state index < -0.39 is 0 Å². The number of aryl methyl sites for hydroxylation is 2. The normalized spacial score (nSPS) is 21.4. The Bertz CT molecular complexity index is 910. The molecule has 5 nitrogen and oxygen atoms in total. The number of fused-ring (bicyclic) bond motifs is 2. The molecule has 0 bridgehead atoms. The van der Waals surface area contributed by atoms with Crippen LogP contribution in [0, 0.1) is 0 Å². The number of carbonyl (C=O) groups is 1. The van der Waals surface area contributed by atoms with Gasteiger partial charge in [-0.05, 0) is 61.6 Å². The molecule has 29 heavy (non-hydrogen) atoms. The van der Waals surface area contributed by atoms with Gasteiger partial charge in [0.1, 0.15) is 0 Å². The fourth-order valence-electron chi connectivity index (χ4n) is 5.08. The van der Waals surface area contributed by atoms with E-state index in [0.29, 0.717) is 6.42 Å². The number of aromatic nitrogens is 2. The minimum atomic E-state index is 0.0223. The van der Waals surface area contributed by atoms with E-state index in [9.17, 15) is 4.79 Å². The molecule has 5 heteroatoms. The molecule has 2 aromatic rings. The highest BCUT2D eigenvalue weighted by Crippen LogP contribution is 2.30. The van der Waals surface area contributed by atoms with E-state index in [-0.39, 0.29) is 11.9 Å². The van der Waals surface area contributed by atoms with Crippen LogP contribution < -0.4 is 5.32 Å². The Morgan fingerprint density at radius 2 is 1.97 bits per heavy atom. The van der Waals surface area contributed by atoms with Crippen molar-refractivity contribution in [2.45, 2.75) is 70.4 Å². The Hall–Kier alpha value is -2.27. The summed E-state index contributed by atoms with van der Waals surface area (Å²) < 4.78 is 0. The highest BCUT2D eigenvalue weighted by atomic mass is 16.2. The Morgan fingerprint density at radius 1 is 1.07 bits per heavy atom. The average Bonchev–Trinajstić information content (AvgIpc) is 2.78. The number of amides is 1. The van der Waals surface area contributed by atoms with Crippen LogP contribution in [-0.2, 0) is 37.0 Å². The summed E-state index contributed by atoms with van der Waals surface area (Å²) in [5.74, 6) is 1.05. The first-order valence-electron chi connectivity index (χ1n) is 11.2. The summed E-state index contributed by atoms with van der Waals surface area (Å²) in [6.45, 7) is 2.63. The number of likely N-dealkylation sites (tertiary alicyclic amines) is 1. The van der Waals surface area contributed by atoms with Gasteiger partial charge in [-0.2, -0.15) is 0 Å². The average molecular weight is 391 g/mol. The van der Waals surface area contributed by atoms with Crippen molar-refractivity contribution >= 4 is 5.91 Å². The summed E-state index contributed by atoms with van der Waals surface area (Å²) in [7, 11) is 0. The maximum Gasteiger partial charge on any atom is 0.227 e. The SMILES string of the molecule is O=C(Cc1ccc2c(c1)CCCC2)N1CCCC[C@H]1c1ncc2c(n1)CCNC2. The number of hydrogen-bond acceptors (Lipinski definition) is 4. The van der Waals surface area contributed by atoms with Crippen LogP contribution in [0.15, 0.2) is 24.4 Å². The van der Waals surface area contributed by atoms with Crippen LogP contribution in [0.4, 0.5) is 0 Å². The van der Waals surface area contributed by atoms with Gasteiger partial charge in [-0.1, -0.05) is 18.2 Å². The summed E-state index contributed by atoms with van der Waals surface area (Å²) in [5, 5.41) is 3.37. The smallest absolute Gasteiger partial charge is 0.227 e. The zero-order chi connectivity index (χ0) is 19.6. The molecule has 0 unspecified atom stereocenters. The lowest BCUT2D eigenvalue weighted by Crippen LogP contribution is -2.40. The van der Waals surface area contributed by atoms with Gasteiger partial charge >= 0.3 is 0 Å². The minimum absolute atomic E-state index is 0.0223. The number of rotatable bonds is 3. The van der Waals surface area contributed by atoms with Gasteiger partial charge < -0.3 is 10.2 Å². The predicted octanol–water partition coefficient (Wildman–Crippen LogP) is 3.30. The summed E-state index contributed by atoms with van der Waals surface area (Å²) in [4.78, 5) is 24.9. The fourth-order valence-corrected chi connectivity index (χ4v) is 5.08. The Balaban J connectivity index is 1.35. The van der Waals surface area contributed by atoms with Crippen molar-refractivity contribution < 1.29 is 4.79 Å². The van der Waals surface area contributed by atoms with Crippen molar-refractivity contribution in [1.29, 1.82) is 0 Å². The third-order valence-electron chi connectivity index (χ3n) is 6.72. The molecule has 0 saturated carbocycles. The first kappa shape index (κ1) is 18.7. The van der Waals surface area contributed by atoms with Crippen LogP contribution in [0.5, 0.6) is 0 Å². The molecule has 3 heterocycles. The van der Waals surface area contributed by atoms with E-state index in [1.807, 2.05) is 11.1 Å². The summed E-state index contributed by atoms with van der Waals surface area (Å²) >= 11 is 0. The standard InChI is InChI=1S/C24H30N4O/c29-23(14-17-8-9-18-5-1-2-6-19(18)13-17)28-12-4-3-7-22(28)24-26-16-20-15-25-11-10-21(20)27-24/h8-9,13,16,22,25H,1-7,10-12,14-15H2/t22-/m0/s1. The van der Waals surface area contributed by atoms with Crippen molar-refractivity contribution in [3.05, 3.63) is 58.2 Å². The van der Waals surface area contributed by atoms with E-state index in [4.69, 9.17) is 4.98 Å². The quantitative estimate of drug-likeness (QED) is 0.874. The van der Waals surface area contributed by atoms with E-state index in [1.165, 1.54) is 36.0 Å². The molecule has 0 spiro atoms. The molecule has 5 rings (SSSR count). The first-order chi connectivity index (χ1) is 14.3. The maximum atomic E-state index is 13.3. The predicted molar refractivity (Wildman–Crippen MR) is 113 cm³/mol. The second-order valence-corrected chi connectivity index (χ2v) is 8.71. The Labute approximate surface area is 172 Å². The fraction of sp³-hybridized carbons (Fsp3) is 0.542. The van der Waals surface area contributed by atoms with Gasteiger partial charge in [-0.25, -0.2) is 9.97 Å². The van der Waals surface area contributed by atoms with Gasteiger partial charge in [0.15, 0.2) is 5.82 Å². The van der Waals surface area contributed by atoms with Crippen LogP contribution in [-0.4, -0.2) is 33.9 Å². The van der Waals surface area contributed by atoms with Crippen molar-refractivity contribution in [2.24, 2.45) is 0 Å². The number of nitrogens with one attached hydrogen (secondary N) is 1. The van der Waals surface area contributed by atoms with Crippen molar-refractivity contribution in [3.8, 4) is 0 Å². The number of nitrogens with zero attached hydrogens (tertiary/aromatic N) is 3. The lowest BCUT2D eigenvalue weighted by Gasteiger charge is -2.35. The molecule has 1 atom stereocenters. The van der Waals surface area contributed by atoms with Gasteiger partial charge in [-0.15, -0.1) is 0 Å². The molecule has 1 saturated heterocycles. The van der Waals surface area contributed by atoms with Crippen molar-refractivity contribution in [3.63, 3.8) is 0 Å². The minimum Gasteiger partial charge on any atom is -0.332 e. The summed E-state index contributed by atoms with van der Waals surface area (Å²) in [5.41, 5.74) is 6.42. The van der Waals surface area contributed by atoms with Gasteiger partial charge in [-0.3, -0.25) is 4.79 Å². The van der Waals surface area contributed by atoms with Crippen LogP contribution in [0.3, 0.4) is 0 Å². The van der Waals surface area contributed by atoms with Gasteiger partial charge in [0.05, 0.1) is 12.5 Å². The second kappa shape index (κ2) is 8.23. The van der Waals surface area contributed by atoms with E-state index >= 15 is 0 Å². The molecular weight excluding hydrogens is 360 g/mol. The highest BCUT2D eigenvalue weighted by molar-refractivity contribution is 5.79. The monoisotopic (exact) mass is 390 g/mol. The zero-order valence-electron chi connectivity index (χ0n) is 17.1. The highest BCUT2D eigenvalue weighted by Gasteiger charge is 2.30. The molecule has 1 amide bonds. The molecule has 152 valence electrons. The molecule has 1 aromatic heterocycles. The molecule has 3 aliphatic rings. The van der Waals surface area contributed by atoms with E-state index in [1.54, 1.807) is 0 Å². The molecule has 1 aromatic carbocycles. The first-order valence-corrected chi connectivity index (χ1v) is 11.2. The lowest BCUT2D eigenvalue weighted by atomic mass is 9.89. The zero-order valence-corrected chi connectivity index (χ0v) is 17.1. The molecule has 1 N–H and O–H groups in total. The van der Waals surface area contributed by atoms with Crippen LogP contribution in [0.2, 0.25) is 0 Å². The molecule has 1 fully saturated rings. The lowest BCUT2D eigenvalue weighted by molar-refractivity contribution is -0.134. The van der Waals surface area contributed by atoms with Crippen molar-refractivity contribution in [2.75, 3.05) is 13.1 Å². The Morgan fingerprint density at radius 3 is 2.90 bits per heavy atom. The number of piperidine rings is 1. The third-order valence-corrected chi connectivity index (χ3v) is 6.72. The van der Waals surface area contributed by atoms with Crippen LogP contribution >= 0.6 is 0 Å². The number of hydrogen-bond donors (Lipinski definition) is 1. The largest absolute Gasteiger partial charge is 0.332 e. The van der Waals surface area contributed by atoms with Crippen LogP contribution in [0.25, 0.3) is 0 Å². The molecule has 2 aliphatic heterocycles. The summed E-state index contributed by atoms with van der Waals surface area (Å²) in [6, 6.07) is 6.69. The molecule has 0 radical (unpaired) electrons. The summed E-state index contributed by atoms with van der Waals surface area (Å²) in [6.07, 6.45) is 11.5. The molecule has 1 aliphatic carbocycles. The van der Waals surface area contributed by atoms with Crippen molar-refractivity contribution in [1.82, 2.24) is 20.2 Å². The van der Waals surface area contributed by atoms with Gasteiger partial charge in [0.25, 0.3) is 0 Å². The third kappa shape index (κ3) is 3.93. The van der Waals surface area contributed by atoms with E-state index in [0.717, 1.165) is 68.8 Å². The molecular formula is C24H30N4O. The van der Waals surface area contributed by atoms with Crippen LogP contribution in [0.1, 0.15) is 71.9 Å². The Kier molecular flexibility index (Phi) is 5.32. The van der Waals surface area contributed by atoms with Gasteiger partial charge in [0.2, 0.25) is 5.91 Å². The van der Waals surface area contributed by atoms with Gasteiger partial charge in [0, 0.05) is 43.5 Å². The van der Waals surface area contributed by atoms with E-state index in [2.05, 4.69) is 28.5 Å². The topological polar surface area (TPSA) is 58.1 Å².